The lowest BCUT2D eigenvalue weighted by Gasteiger charge is -2.22. The smallest absolute Gasteiger partial charge is 0.139 e. The van der Waals surface area contributed by atoms with Crippen LogP contribution in [-0.4, -0.2) is 55.1 Å². The molecule has 0 aliphatic carbocycles. The minimum atomic E-state index is -0.299. The van der Waals surface area contributed by atoms with E-state index in [1.807, 2.05) is 24.3 Å². The number of imidazole rings is 1. The first-order valence-electron chi connectivity index (χ1n) is 8.92. The highest BCUT2D eigenvalue weighted by Gasteiger charge is 2.14. The molecule has 1 aliphatic rings. The van der Waals surface area contributed by atoms with Gasteiger partial charge < -0.3 is 18.9 Å². The molecule has 0 unspecified atom stereocenters. The Balaban J connectivity index is 1.29. The fraction of sp³-hybridized carbons (Fsp3) is 0.350. The minimum absolute atomic E-state index is 0.00773. The Morgan fingerprint density at radius 3 is 2.81 bits per heavy atom. The molecule has 1 atom stereocenters. The first-order chi connectivity index (χ1) is 13.3. The second-order valence-electron chi connectivity index (χ2n) is 6.23. The average Bonchev–Trinajstić information content (AvgIpc) is 3.12. The largest absolute Gasteiger partial charge is 0.491 e. The Labute approximate surface area is 156 Å². The highest BCUT2D eigenvalue weighted by Crippen LogP contribution is 2.23. The summed E-state index contributed by atoms with van der Waals surface area (Å²) in [4.78, 5) is 4.30. The van der Waals surface area contributed by atoms with E-state index in [1.165, 1.54) is 12.3 Å². The number of benzene rings is 1. The Morgan fingerprint density at radius 1 is 1.11 bits per heavy atom. The fourth-order valence-corrected chi connectivity index (χ4v) is 2.96. The zero-order chi connectivity index (χ0) is 18.5. The third kappa shape index (κ3) is 4.44. The van der Waals surface area contributed by atoms with Crippen LogP contribution in [0.2, 0.25) is 0 Å². The van der Waals surface area contributed by atoms with Crippen LogP contribution in [0.5, 0.6) is 5.75 Å². The van der Waals surface area contributed by atoms with E-state index in [2.05, 4.69) is 4.98 Å². The number of pyridine rings is 1. The highest BCUT2D eigenvalue weighted by atomic mass is 19.1. The van der Waals surface area contributed by atoms with Gasteiger partial charge >= 0.3 is 0 Å². The Kier molecular flexibility index (Phi) is 5.62. The highest BCUT2D eigenvalue weighted by molar-refractivity contribution is 5.64. The number of hydrogen-bond donors (Lipinski definition) is 0. The normalized spacial score (nSPS) is 17.3. The molecule has 142 valence electrons. The lowest BCUT2D eigenvalue weighted by atomic mass is 10.1. The first-order valence-corrected chi connectivity index (χ1v) is 8.92. The predicted octanol–water partition coefficient (Wildman–Crippen LogP) is 2.95. The molecular formula is C20H21FN2O4. The summed E-state index contributed by atoms with van der Waals surface area (Å²) in [5.74, 6) is 0.450. The molecule has 4 rings (SSSR count). The van der Waals surface area contributed by atoms with E-state index in [1.54, 1.807) is 16.7 Å². The van der Waals surface area contributed by atoms with Crippen molar-refractivity contribution in [3.05, 3.63) is 54.6 Å². The Morgan fingerprint density at radius 2 is 2.00 bits per heavy atom. The van der Waals surface area contributed by atoms with Gasteiger partial charge in [0.1, 0.15) is 29.9 Å². The van der Waals surface area contributed by atoms with Gasteiger partial charge in [0.05, 0.1) is 44.9 Å². The van der Waals surface area contributed by atoms with Crippen molar-refractivity contribution in [3.8, 4) is 17.0 Å². The van der Waals surface area contributed by atoms with E-state index in [9.17, 15) is 4.39 Å². The van der Waals surface area contributed by atoms with E-state index in [0.717, 1.165) is 17.0 Å². The topological polar surface area (TPSA) is 54.2 Å². The van der Waals surface area contributed by atoms with Crippen molar-refractivity contribution in [1.82, 2.24) is 9.38 Å². The summed E-state index contributed by atoms with van der Waals surface area (Å²) < 4.78 is 37.3. The van der Waals surface area contributed by atoms with E-state index in [-0.39, 0.29) is 11.9 Å². The SMILES string of the molecule is Fc1ccc2ncc(-c3ccc(OCCOC[C@@H]4COCCO4)cc3)n2c1. The molecule has 7 heteroatoms. The monoisotopic (exact) mass is 372 g/mol. The maximum Gasteiger partial charge on any atom is 0.139 e. The molecular weight excluding hydrogens is 351 g/mol. The van der Waals surface area contributed by atoms with Crippen LogP contribution in [0.15, 0.2) is 48.8 Å². The van der Waals surface area contributed by atoms with Gasteiger partial charge in [0.15, 0.2) is 0 Å². The summed E-state index contributed by atoms with van der Waals surface area (Å²) in [6.07, 6.45) is 3.17. The molecule has 2 aromatic heterocycles. The quantitative estimate of drug-likeness (QED) is 0.597. The van der Waals surface area contributed by atoms with Crippen molar-refractivity contribution in [2.45, 2.75) is 6.10 Å². The van der Waals surface area contributed by atoms with Crippen LogP contribution in [0.1, 0.15) is 0 Å². The van der Waals surface area contributed by atoms with Crippen LogP contribution in [0, 0.1) is 5.82 Å². The third-order valence-corrected chi connectivity index (χ3v) is 4.30. The van der Waals surface area contributed by atoms with E-state index in [4.69, 9.17) is 18.9 Å². The summed E-state index contributed by atoms with van der Waals surface area (Å²) in [6, 6.07) is 10.7. The molecule has 6 nitrogen and oxygen atoms in total. The van der Waals surface area contributed by atoms with Gasteiger partial charge in [-0.25, -0.2) is 9.37 Å². The number of rotatable bonds is 7. The fourth-order valence-electron chi connectivity index (χ4n) is 2.96. The molecule has 3 aromatic rings. The van der Waals surface area contributed by atoms with Gasteiger partial charge in [-0.3, -0.25) is 4.40 Å². The number of ether oxygens (including phenoxy) is 4. The summed E-state index contributed by atoms with van der Waals surface area (Å²) >= 11 is 0. The summed E-state index contributed by atoms with van der Waals surface area (Å²) in [5, 5.41) is 0. The van der Waals surface area contributed by atoms with Gasteiger partial charge in [-0.15, -0.1) is 0 Å². The minimum Gasteiger partial charge on any atom is -0.491 e. The summed E-state index contributed by atoms with van der Waals surface area (Å²) in [7, 11) is 0. The van der Waals surface area contributed by atoms with Crippen LogP contribution in [-0.2, 0) is 14.2 Å². The van der Waals surface area contributed by atoms with Gasteiger partial charge in [0.25, 0.3) is 0 Å². The van der Waals surface area contributed by atoms with Gasteiger partial charge in [-0.1, -0.05) is 0 Å². The first kappa shape index (κ1) is 17.9. The van der Waals surface area contributed by atoms with E-state index in [0.29, 0.717) is 45.3 Å². The van der Waals surface area contributed by atoms with Crippen molar-refractivity contribution < 1.29 is 23.3 Å². The number of hydrogen-bond acceptors (Lipinski definition) is 5. The zero-order valence-electron chi connectivity index (χ0n) is 14.8. The van der Waals surface area contributed by atoms with Crippen LogP contribution in [0.4, 0.5) is 4.39 Å². The summed E-state index contributed by atoms with van der Waals surface area (Å²) in [6.45, 7) is 3.29. The Hall–Kier alpha value is -2.48. The maximum absolute atomic E-state index is 13.5. The van der Waals surface area contributed by atoms with Crippen molar-refractivity contribution in [3.63, 3.8) is 0 Å². The van der Waals surface area contributed by atoms with Gasteiger partial charge in [0.2, 0.25) is 0 Å². The van der Waals surface area contributed by atoms with Crippen molar-refractivity contribution >= 4 is 5.65 Å². The van der Waals surface area contributed by atoms with Crippen molar-refractivity contribution in [2.24, 2.45) is 0 Å². The van der Waals surface area contributed by atoms with Crippen molar-refractivity contribution in [1.29, 1.82) is 0 Å². The second-order valence-corrected chi connectivity index (χ2v) is 6.23. The number of halogens is 1. The van der Waals surface area contributed by atoms with Gasteiger partial charge in [-0.05, 0) is 36.4 Å². The molecule has 0 spiro atoms. The van der Waals surface area contributed by atoms with Crippen LogP contribution in [0.25, 0.3) is 16.9 Å². The molecule has 1 aromatic carbocycles. The molecule has 3 heterocycles. The molecule has 0 N–H and O–H groups in total. The lowest BCUT2D eigenvalue weighted by molar-refractivity contribution is -0.116. The van der Waals surface area contributed by atoms with Gasteiger partial charge in [-0.2, -0.15) is 0 Å². The maximum atomic E-state index is 13.5. The predicted molar refractivity (Wildman–Crippen MR) is 97.5 cm³/mol. The number of nitrogens with zero attached hydrogens (tertiary/aromatic N) is 2. The molecule has 1 aliphatic heterocycles. The molecule has 0 radical (unpaired) electrons. The zero-order valence-corrected chi connectivity index (χ0v) is 14.8. The third-order valence-electron chi connectivity index (χ3n) is 4.30. The average molecular weight is 372 g/mol. The Bertz CT molecular complexity index is 875. The lowest BCUT2D eigenvalue weighted by Crippen LogP contribution is -2.32. The van der Waals surface area contributed by atoms with Crippen LogP contribution in [0.3, 0.4) is 0 Å². The molecule has 27 heavy (non-hydrogen) atoms. The standard InChI is InChI=1S/C20H21FN2O4/c21-16-3-6-20-22-11-19(23(20)12-16)15-1-4-17(5-2-15)26-9-7-24-13-18-14-25-8-10-27-18/h1-6,11-12,18H,7-10,13-14H2/t18-/m1/s1. The van der Waals surface area contributed by atoms with E-state index >= 15 is 0 Å². The number of aromatic nitrogens is 2. The van der Waals surface area contributed by atoms with Gasteiger partial charge in [0, 0.05) is 11.8 Å². The molecule has 1 fully saturated rings. The van der Waals surface area contributed by atoms with Crippen LogP contribution < -0.4 is 4.74 Å². The summed E-state index contributed by atoms with van der Waals surface area (Å²) in [5.41, 5.74) is 2.47. The molecule has 1 saturated heterocycles. The number of fused-ring (bicyclic) bond motifs is 1. The molecule has 0 saturated carbocycles. The second kappa shape index (κ2) is 8.47. The molecule has 0 amide bonds. The van der Waals surface area contributed by atoms with Crippen molar-refractivity contribution in [2.75, 3.05) is 39.6 Å². The van der Waals surface area contributed by atoms with E-state index < -0.39 is 0 Å². The molecule has 0 bridgehead atoms. The van der Waals surface area contributed by atoms with Crippen LogP contribution >= 0.6 is 0 Å².